The maximum Gasteiger partial charge on any atom is 0.335 e. The van der Waals surface area contributed by atoms with Crippen LogP contribution >= 0.6 is 46.8 Å². The molecule has 0 saturated carbocycles. The van der Waals surface area contributed by atoms with Crippen LogP contribution in [0.25, 0.3) is 0 Å². The van der Waals surface area contributed by atoms with Crippen molar-refractivity contribution >= 4 is 46.8 Å². The van der Waals surface area contributed by atoms with E-state index in [0.29, 0.717) is 11.2 Å². The molecule has 0 aliphatic rings. The van der Waals surface area contributed by atoms with Crippen LogP contribution in [0.5, 0.6) is 0 Å². The lowest BCUT2D eigenvalue weighted by atomic mass is 10.1. The number of halogens is 2. The molecule has 0 amide bonds. The molecule has 0 aromatic rings. The Morgan fingerprint density at radius 1 is 0.857 bits per heavy atom. The highest BCUT2D eigenvalue weighted by Gasteiger charge is 2.28. The monoisotopic (exact) mass is 470 g/mol. The Morgan fingerprint density at radius 2 is 1.33 bits per heavy atom. The zero-order chi connectivity index (χ0) is 16.4. The normalized spacial score (nSPS) is 16.6. The predicted octanol–water partition coefficient (Wildman–Crippen LogP) is 4.67. The molecule has 2 atom stereocenters. The molecule has 21 heavy (non-hydrogen) atoms. The lowest BCUT2D eigenvalue weighted by Crippen LogP contribution is -1.98. The van der Waals surface area contributed by atoms with Crippen molar-refractivity contribution in [3.63, 3.8) is 0 Å². The molecule has 0 fully saturated rings. The van der Waals surface area contributed by atoms with Crippen LogP contribution in [0, 0.1) is 0 Å². The van der Waals surface area contributed by atoms with E-state index in [-0.39, 0.29) is 6.16 Å². The average Bonchev–Trinajstić information content (AvgIpc) is 2.33. The highest BCUT2D eigenvalue weighted by Crippen LogP contribution is 2.54. The predicted molar refractivity (Wildman–Crippen MR) is 95.0 cm³/mol. The van der Waals surface area contributed by atoms with Crippen molar-refractivity contribution in [2.24, 2.45) is 0 Å². The van der Waals surface area contributed by atoms with E-state index in [9.17, 15) is 14.0 Å². The van der Waals surface area contributed by atoms with Gasteiger partial charge in [-0.25, -0.2) is 0 Å². The van der Waals surface area contributed by atoms with Gasteiger partial charge in [-0.05, 0) is 12.8 Å². The van der Waals surface area contributed by atoms with Crippen LogP contribution in [-0.2, 0) is 9.13 Å². The minimum absolute atomic E-state index is 0.00856. The van der Waals surface area contributed by atoms with Crippen LogP contribution < -0.4 is 0 Å². The first-order chi connectivity index (χ1) is 9.66. The lowest BCUT2D eigenvalue weighted by Gasteiger charge is -2.12. The molecule has 5 nitrogen and oxygen atoms in total. The van der Waals surface area contributed by atoms with Crippen molar-refractivity contribution in [3.05, 3.63) is 0 Å². The van der Waals surface area contributed by atoms with E-state index in [1.165, 1.54) is 25.7 Å². The van der Waals surface area contributed by atoms with Gasteiger partial charge in [0.05, 0.1) is 0 Å². The Balaban J connectivity index is 3.48. The van der Waals surface area contributed by atoms with Gasteiger partial charge in [-0.2, -0.15) is 0 Å². The minimum Gasteiger partial charge on any atom is -0.344 e. The standard InChI is InChI=1S/C12H26Br2O5P2/c13-10-12(14)8-6-4-2-1-3-5-7-9-20(15,16)11-21(17,18)19/h12H,1-11H2,(H,15,16)(H2,17,18,19). The number of hydrogen-bond donors (Lipinski definition) is 3. The summed E-state index contributed by atoms with van der Waals surface area (Å²) in [6.07, 6.45) is 8.26. The van der Waals surface area contributed by atoms with Crippen LogP contribution in [0.4, 0.5) is 0 Å². The molecule has 0 rings (SSSR count). The molecule has 0 bridgehead atoms. The third-order valence-corrected chi connectivity index (χ3v) is 9.79. The number of rotatable bonds is 13. The van der Waals surface area contributed by atoms with Gasteiger partial charge in [0.15, 0.2) is 0 Å². The zero-order valence-corrected chi connectivity index (χ0v) is 17.1. The quantitative estimate of drug-likeness (QED) is 0.206. The number of unbranched alkanes of at least 4 members (excludes halogenated alkanes) is 6. The third-order valence-electron chi connectivity index (χ3n) is 3.10. The van der Waals surface area contributed by atoms with Crippen molar-refractivity contribution < 1.29 is 23.8 Å². The van der Waals surface area contributed by atoms with Crippen molar-refractivity contribution in [3.8, 4) is 0 Å². The Labute approximate surface area is 144 Å². The van der Waals surface area contributed by atoms with Gasteiger partial charge >= 0.3 is 7.60 Å². The van der Waals surface area contributed by atoms with Crippen LogP contribution in [-0.4, -0.2) is 36.9 Å². The van der Waals surface area contributed by atoms with E-state index in [0.717, 1.165) is 24.6 Å². The van der Waals surface area contributed by atoms with E-state index in [4.69, 9.17) is 9.79 Å². The summed E-state index contributed by atoms with van der Waals surface area (Å²) in [5.41, 5.74) is 0. The number of alkyl halides is 2. The summed E-state index contributed by atoms with van der Waals surface area (Å²) < 4.78 is 22.3. The highest BCUT2D eigenvalue weighted by atomic mass is 79.9. The molecule has 0 saturated heterocycles. The minimum atomic E-state index is -4.39. The average molecular weight is 472 g/mol. The first kappa shape index (κ1) is 22.3. The summed E-state index contributed by atoms with van der Waals surface area (Å²) in [5.74, 6) is -0.888. The molecule has 0 aliphatic heterocycles. The molecule has 0 radical (unpaired) electrons. The molecule has 0 aromatic carbocycles. The highest BCUT2D eigenvalue weighted by molar-refractivity contribution is 9.12. The molecule has 128 valence electrons. The van der Waals surface area contributed by atoms with E-state index in [1.807, 2.05) is 0 Å². The molecular weight excluding hydrogens is 446 g/mol. The fraction of sp³-hybridized carbons (Fsp3) is 1.00. The van der Waals surface area contributed by atoms with Gasteiger partial charge in [0.1, 0.15) is 5.90 Å². The van der Waals surface area contributed by atoms with E-state index < -0.39 is 20.9 Å². The first-order valence-electron chi connectivity index (χ1n) is 7.22. The Hall–Kier alpha value is 1.30. The fourth-order valence-electron chi connectivity index (χ4n) is 2.04. The van der Waals surface area contributed by atoms with Gasteiger partial charge in [-0.1, -0.05) is 70.4 Å². The smallest absolute Gasteiger partial charge is 0.335 e. The largest absolute Gasteiger partial charge is 0.344 e. The van der Waals surface area contributed by atoms with Crippen LogP contribution in [0.15, 0.2) is 0 Å². The zero-order valence-electron chi connectivity index (χ0n) is 12.2. The van der Waals surface area contributed by atoms with Crippen molar-refractivity contribution in [2.45, 2.75) is 56.2 Å². The SMILES string of the molecule is O=P(O)(O)CP(=O)(O)CCCCCCCCCC(Br)CBr. The van der Waals surface area contributed by atoms with Gasteiger partial charge < -0.3 is 14.7 Å². The summed E-state index contributed by atoms with van der Waals surface area (Å²) in [4.78, 5) is 27.4. The summed E-state index contributed by atoms with van der Waals surface area (Å²) in [7, 11) is -8.06. The van der Waals surface area contributed by atoms with Gasteiger partial charge in [0, 0.05) is 16.3 Å². The summed E-state index contributed by atoms with van der Waals surface area (Å²) in [6, 6.07) is 0. The van der Waals surface area contributed by atoms with E-state index in [2.05, 4.69) is 31.9 Å². The molecule has 0 aliphatic carbocycles. The maximum atomic E-state index is 11.6. The van der Waals surface area contributed by atoms with Crippen LogP contribution in [0.1, 0.15) is 51.4 Å². The fourth-order valence-corrected chi connectivity index (χ4v) is 6.28. The van der Waals surface area contributed by atoms with Gasteiger partial charge in [-0.15, -0.1) is 0 Å². The second-order valence-electron chi connectivity index (χ2n) is 5.39. The number of hydrogen-bond acceptors (Lipinski definition) is 2. The van der Waals surface area contributed by atoms with Gasteiger partial charge in [-0.3, -0.25) is 9.13 Å². The molecular formula is C12H26Br2O5P2. The summed E-state index contributed by atoms with van der Waals surface area (Å²) in [5, 5.41) is 0.975. The summed E-state index contributed by atoms with van der Waals surface area (Å²) in [6.45, 7) is 0. The van der Waals surface area contributed by atoms with Gasteiger partial charge in [0.25, 0.3) is 0 Å². The molecule has 0 heterocycles. The maximum absolute atomic E-state index is 11.6. The molecule has 0 aromatic heterocycles. The lowest BCUT2D eigenvalue weighted by molar-refractivity contribution is 0.375. The van der Waals surface area contributed by atoms with Crippen LogP contribution in [0.2, 0.25) is 0 Å². The molecule has 0 spiro atoms. The second kappa shape index (κ2) is 11.8. The second-order valence-corrected chi connectivity index (χ2v) is 11.9. The molecule has 9 heteroatoms. The third kappa shape index (κ3) is 16.0. The van der Waals surface area contributed by atoms with E-state index in [1.54, 1.807) is 0 Å². The Kier molecular flexibility index (Phi) is 12.5. The molecule has 2 unspecified atom stereocenters. The van der Waals surface area contributed by atoms with Crippen molar-refractivity contribution in [2.75, 3.05) is 17.4 Å². The van der Waals surface area contributed by atoms with E-state index >= 15 is 0 Å². The Bertz CT molecular complexity index is 362. The topological polar surface area (TPSA) is 94.8 Å². The first-order valence-corrected chi connectivity index (χ1v) is 13.1. The van der Waals surface area contributed by atoms with Crippen molar-refractivity contribution in [1.82, 2.24) is 0 Å². The van der Waals surface area contributed by atoms with Crippen LogP contribution in [0.3, 0.4) is 0 Å². The van der Waals surface area contributed by atoms with Crippen molar-refractivity contribution in [1.29, 1.82) is 0 Å². The summed E-state index contributed by atoms with van der Waals surface area (Å²) >= 11 is 6.99. The molecule has 3 N–H and O–H groups in total. The Morgan fingerprint density at radius 3 is 1.81 bits per heavy atom. The van der Waals surface area contributed by atoms with Gasteiger partial charge in [0.2, 0.25) is 7.37 Å².